The van der Waals surface area contributed by atoms with Crippen LogP contribution in [0.25, 0.3) is 10.9 Å². The molecule has 0 spiro atoms. The summed E-state index contributed by atoms with van der Waals surface area (Å²) in [6.07, 6.45) is 3.23. The van der Waals surface area contributed by atoms with E-state index in [1.807, 2.05) is 55.5 Å². The number of carbonyl (C=O) groups excluding carboxylic acids is 1. The molecule has 0 bridgehead atoms. The maximum Gasteiger partial charge on any atom is 0.236 e. The summed E-state index contributed by atoms with van der Waals surface area (Å²) in [5.41, 5.74) is 5.20. The van der Waals surface area contributed by atoms with Crippen LogP contribution in [0.1, 0.15) is 41.3 Å². The molecule has 0 fully saturated rings. The Labute approximate surface area is 165 Å². The van der Waals surface area contributed by atoms with Crippen LogP contribution in [-0.2, 0) is 27.7 Å². The molecule has 1 heterocycles. The topological polar surface area (TPSA) is 70.2 Å². The number of hydrogen-bond acceptors (Lipinski definition) is 3. The first-order chi connectivity index (χ1) is 13.4. The van der Waals surface area contributed by atoms with Gasteiger partial charge in [0.15, 0.2) is 0 Å². The number of H-pyrrole nitrogens is 1. The maximum absolute atomic E-state index is 13.1. The first-order valence-corrected chi connectivity index (χ1v) is 11.4. The molecular weight excluding hydrogens is 372 g/mol. The fourth-order valence-corrected chi connectivity index (χ4v) is 5.51. The molecule has 1 atom stereocenters. The van der Waals surface area contributed by atoms with Crippen LogP contribution in [0.4, 0.5) is 0 Å². The van der Waals surface area contributed by atoms with Gasteiger partial charge in [-0.3, -0.25) is 4.79 Å². The van der Waals surface area contributed by atoms with Crippen LogP contribution in [-0.4, -0.2) is 29.9 Å². The molecule has 1 amide bonds. The quantitative estimate of drug-likeness (QED) is 0.711. The first-order valence-electron chi connectivity index (χ1n) is 9.52. The predicted molar refractivity (Wildman–Crippen MR) is 111 cm³/mol. The van der Waals surface area contributed by atoms with Gasteiger partial charge in [0.05, 0.1) is 12.3 Å². The second-order valence-corrected chi connectivity index (χ2v) is 9.34. The average Bonchev–Trinajstić information content (AvgIpc) is 3.20. The fourth-order valence-electron chi connectivity index (χ4n) is 4.37. The predicted octanol–water partition coefficient (Wildman–Crippen LogP) is 3.88. The van der Waals surface area contributed by atoms with Crippen molar-refractivity contribution in [3.05, 3.63) is 70.9 Å². The van der Waals surface area contributed by atoms with Crippen molar-refractivity contribution in [2.24, 2.45) is 0 Å². The molecule has 0 aliphatic heterocycles. The van der Waals surface area contributed by atoms with E-state index in [1.165, 1.54) is 0 Å². The Bertz CT molecular complexity index is 1150. The fraction of sp³-hybridized carbons (Fsp3) is 0.318. The molecular formula is C22H24N2O3S. The van der Waals surface area contributed by atoms with Gasteiger partial charge in [-0.1, -0.05) is 42.5 Å². The van der Waals surface area contributed by atoms with Gasteiger partial charge in [0.25, 0.3) is 0 Å². The highest BCUT2D eigenvalue weighted by Gasteiger charge is 2.36. The normalized spacial score (nSPS) is 16.3. The van der Waals surface area contributed by atoms with E-state index in [1.54, 1.807) is 0 Å². The Balaban J connectivity index is 1.60. The van der Waals surface area contributed by atoms with E-state index >= 15 is 0 Å². The van der Waals surface area contributed by atoms with Crippen molar-refractivity contribution in [1.82, 2.24) is 9.29 Å². The van der Waals surface area contributed by atoms with Crippen LogP contribution in [0.15, 0.2) is 48.5 Å². The van der Waals surface area contributed by atoms with Crippen LogP contribution in [0.3, 0.4) is 0 Å². The Morgan fingerprint density at radius 3 is 2.64 bits per heavy atom. The van der Waals surface area contributed by atoms with Crippen LogP contribution in [0.2, 0.25) is 0 Å². The monoisotopic (exact) mass is 396 g/mol. The molecule has 0 saturated heterocycles. The molecule has 2 aromatic carbocycles. The van der Waals surface area contributed by atoms with Gasteiger partial charge < -0.3 is 4.98 Å². The van der Waals surface area contributed by atoms with Gasteiger partial charge in [-0.05, 0) is 48.9 Å². The lowest BCUT2D eigenvalue weighted by molar-refractivity contribution is -0.128. The number of nitrogens with one attached hydrogen (secondary N) is 1. The number of nitrogens with zero attached hydrogens (tertiary/aromatic N) is 1. The van der Waals surface area contributed by atoms with Crippen molar-refractivity contribution in [2.75, 3.05) is 6.26 Å². The second-order valence-electron chi connectivity index (χ2n) is 7.48. The van der Waals surface area contributed by atoms with E-state index in [4.69, 9.17) is 0 Å². The summed E-state index contributed by atoms with van der Waals surface area (Å²) in [6.45, 7) is 1.99. The minimum Gasteiger partial charge on any atom is -0.358 e. The lowest BCUT2D eigenvalue weighted by atomic mass is 10.0. The van der Waals surface area contributed by atoms with Gasteiger partial charge in [-0.2, -0.15) is 0 Å². The zero-order valence-corrected chi connectivity index (χ0v) is 16.9. The second kappa shape index (κ2) is 7.09. The Hall–Kier alpha value is -2.60. The molecule has 0 radical (unpaired) electrons. The molecule has 0 saturated carbocycles. The van der Waals surface area contributed by atoms with Gasteiger partial charge >= 0.3 is 0 Å². The Morgan fingerprint density at radius 2 is 1.86 bits per heavy atom. The summed E-state index contributed by atoms with van der Waals surface area (Å²) < 4.78 is 26.1. The van der Waals surface area contributed by atoms with Crippen molar-refractivity contribution in [3.8, 4) is 0 Å². The summed E-state index contributed by atoms with van der Waals surface area (Å²) >= 11 is 0. The zero-order valence-electron chi connectivity index (χ0n) is 16.1. The molecule has 1 aromatic heterocycles. The minimum absolute atomic E-state index is 0.161. The van der Waals surface area contributed by atoms with Crippen molar-refractivity contribution in [2.45, 2.75) is 38.6 Å². The van der Waals surface area contributed by atoms with Crippen molar-refractivity contribution in [1.29, 1.82) is 0 Å². The third-order valence-corrected chi connectivity index (χ3v) is 6.78. The number of sulfonamides is 1. The summed E-state index contributed by atoms with van der Waals surface area (Å²) in [4.78, 5) is 16.4. The Kier molecular flexibility index (Phi) is 4.75. The third-order valence-electron chi connectivity index (χ3n) is 5.60. The highest BCUT2D eigenvalue weighted by molar-refractivity contribution is 7.88. The van der Waals surface area contributed by atoms with Crippen molar-refractivity contribution >= 4 is 26.8 Å². The van der Waals surface area contributed by atoms with Crippen molar-refractivity contribution < 1.29 is 13.2 Å². The van der Waals surface area contributed by atoms with E-state index < -0.39 is 16.1 Å². The smallest absolute Gasteiger partial charge is 0.236 e. The van der Waals surface area contributed by atoms with Crippen LogP contribution in [0, 0.1) is 6.92 Å². The lowest BCUT2D eigenvalue weighted by Crippen LogP contribution is -2.38. The number of aromatic amines is 1. The maximum atomic E-state index is 13.1. The number of amides is 1. The van der Waals surface area contributed by atoms with E-state index in [0.717, 1.165) is 50.3 Å². The van der Waals surface area contributed by atoms with Crippen LogP contribution >= 0.6 is 0 Å². The molecule has 146 valence electrons. The zero-order chi connectivity index (χ0) is 19.9. The number of aryl methyl sites for hydroxylation is 3. The largest absolute Gasteiger partial charge is 0.358 e. The van der Waals surface area contributed by atoms with Gasteiger partial charge in [0, 0.05) is 23.0 Å². The number of rotatable bonds is 5. The van der Waals surface area contributed by atoms with Gasteiger partial charge in [0.2, 0.25) is 15.9 Å². The lowest BCUT2D eigenvalue weighted by Gasteiger charge is -2.27. The van der Waals surface area contributed by atoms with Crippen LogP contribution < -0.4 is 0 Å². The van der Waals surface area contributed by atoms with Gasteiger partial charge in [-0.15, -0.1) is 0 Å². The summed E-state index contributed by atoms with van der Waals surface area (Å²) in [5, 5.41) is 1.09. The summed E-state index contributed by atoms with van der Waals surface area (Å²) in [5.74, 6) is -0.339. The number of aromatic nitrogens is 1. The SMILES string of the molecule is Cc1[nH]c2ccccc2c1CCC(=O)N(C1CCc2ccccc21)S(C)(=O)=O. The van der Waals surface area contributed by atoms with Crippen molar-refractivity contribution in [3.63, 3.8) is 0 Å². The van der Waals surface area contributed by atoms with Gasteiger partial charge in [0.1, 0.15) is 0 Å². The molecule has 1 unspecified atom stereocenters. The molecule has 28 heavy (non-hydrogen) atoms. The number of para-hydroxylation sites is 1. The highest BCUT2D eigenvalue weighted by Crippen LogP contribution is 2.37. The number of hydrogen-bond donors (Lipinski definition) is 1. The molecule has 1 aliphatic carbocycles. The van der Waals surface area contributed by atoms with E-state index in [0.29, 0.717) is 12.8 Å². The molecule has 3 aromatic rings. The van der Waals surface area contributed by atoms with E-state index in [-0.39, 0.29) is 12.3 Å². The molecule has 1 N–H and O–H groups in total. The highest BCUT2D eigenvalue weighted by atomic mass is 32.2. The molecule has 5 nitrogen and oxygen atoms in total. The number of carbonyl (C=O) groups is 1. The molecule has 1 aliphatic rings. The number of benzene rings is 2. The molecule has 6 heteroatoms. The number of fused-ring (bicyclic) bond motifs is 2. The first kappa shape index (κ1) is 18.7. The molecule has 4 rings (SSSR count). The third kappa shape index (κ3) is 3.33. The van der Waals surface area contributed by atoms with Gasteiger partial charge in [-0.25, -0.2) is 12.7 Å². The van der Waals surface area contributed by atoms with Crippen LogP contribution in [0.5, 0.6) is 0 Å². The average molecular weight is 397 g/mol. The minimum atomic E-state index is -3.66. The van der Waals surface area contributed by atoms with E-state index in [2.05, 4.69) is 4.98 Å². The summed E-state index contributed by atoms with van der Waals surface area (Å²) in [6, 6.07) is 15.4. The standard InChI is InChI=1S/C22H24N2O3S/c1-15-17(19-9-5-6-10-20(19)23-15)12-14-22(25)24(28(2,26)27)21-13-11-16-7-3-4-8-18(16)21/h3-10,21,23H,11-14H2,1-2H3. The summed E-state index contributed by atoms with van der Waals surface area (Å²) in [7, 11) is -3.66. The Morgan fingerprint density at radius 1 is 1.14 bits per heavy atom. The van der Waals surface area contributed by atoms with E-state index in [9.17, 15) is 13.2 Å².